The Balaban J connectivity index is 2.35. The molecule has 1 aromatic carbocycles. The van der Waals surface area contributed by atoms with Gasteiger partial charge in [0, 0.05) is 30.1 Å². The number of sulfonamides is 1. The second-order valence-corrected chi connectivity index (χ2v) is 9.67. The highest BCUT2D eigenvalue weighted by molar-refractivity contribution is 8.00. The van der Waals surface area contributed by atoms with E-state index in [2.05, 4.69) is 13.8 Å². The lowest BCUT2D eigenvalue weighted by molar-refractivity contribution is 0.387. The summed E-state index contributed by atoms with van der Waals surface area (Å²) in [4.78, 5) is 0.364. The van der Waals surface area contributed by atoms with Crippen LogP contribution in [0.4, 0.5) is 0 Å². The Morgan fingerprint density at radius 1 is 1.33 bits per heavy atom. The number of benzene rings is 1. The summed E-state index contributed by atoms with van der Waals surface area (Å²) in [6.45, 7) is 7.72. The zero-order chi connectivity index (χ0) is 15.7. The standard InChI is InChI=1S/C15H24N2O2S2/c1-4-12-5-6-14(9-13(12)10-16)21(18,19)17-7-8-20-15(2,3)11-17/h5-6,9H,4,7-8,10-11,16H2,1-3H3. The lowest BCUT2D eigenvalue weighted by atomic mass is 10.1. The molecule has 1 aliphatic rings. The molecule has 0 bridgehead atoms. The molecule has 0 amide bonds. The van der Waals surface area contributed by atoms with Gasteiger partial charge in [0.2, 0.25) is 10.0 Å². The minimum atomic E-state index is -3.43. The van der Waals surface area contributed by atoms with Crippen molar-refractivity contribution in [3.8, 4) is 0 Å². The Morgan fingerprint density at radius 3 is 2.62 bits per heavy atom. The second kappa shape index (κ2) is 6.28. The van der Waals surface area contributed by atoms with E-state index < -0.39 is 10.0 Å². The maximum Gasteiger partial charge on any atom is 0.243 e. The zero-order valence-corrected chi connectivity index (χ0v) is 14.6. The van der Waals surface area contributed by atoms with E-state index in [1.165, 1.54) is 0 Å². The topological polar surface area (TPSA) is 63.4 Å². The average molecular weight is 329 g/mol. The van der Waals surface area contributed by atoms with Crippen molar-refractivity contribution in [1.29, 1.82) is 0 Å². The van der Waals surface area contributed by atoms with Crippen LogP contribution in [-0.4, -0.2) is 36.3 Å². The number of nitrogens with zero attached hydrogens (tertiary/aromatic N) is 1. The molecule has 1 saturated heterocycles. The molecule has 1 heterocycles. The molecule has 0 unspecified atom stereocenters. The minimum Gasteiger partial charge on any atom is -0.326 e. The van der Waals surface area contributed by atoms with E-state index in [0.29, 0.717) is 24.5 Å². The Kier molecular flexibility index (Phi) is 5.03. The first-order valence-electron chi connectivity index (χ1n) is 7.26. The monoisotopic (exact) mass is 328 g/mol. The summed E-state index contributed by atoms with van der Waals surface area (Å²) in [6.07, 6.45) is 0.861. The Labute approximate surface area is 132 Å². The zero-order valence-electron chi connectivity index (χ0n) is 12.9. The quantitative estimate of drug-likeness (QED) is 0.920. The Hall–Kier alpha value is -0.560. The van der Waals surface area contributed by atoms with E-state index in [1.54, 1.807) is 16.4 Å². The van der Waals surface area contributed by atoms with Crippen molar-refractivity contribution < 1.29 is 8.42 Å². The molecule has 1 aliphatic heterocycles. The summed E-state index contributed by atoms with van der Waals surface area (Å²) in [5, 5.41) is 0. The normalized spacial score (nSPS) is 19.6. The molecular formula is C15H24N2O2S2. The first-order chi connectivity index (χ1) is 9.80. The van der Waals surface area contributed by atoms with E-state index in [9.17, 15) is 8.42 Å². The number of hydrogen-bond donors (Lipinski definition) is 1. The number of aryl methyl sites for hydroxylation is 1. The van der Waals surface area contributed by atoms with Crippen molar-refractivity contribution in [2.24, 2.45) is 5.73 Å². The summed E-state index contributed by atoms with van der Waals surface area (Å²) >= 11 is 1.82. The summed E-state index contributed by atoms with van der Waals surface area (Å²) < 4.78 is 27.2. The van der Waals surface area contributed by atoms with Gasteiger partial charge in [0.25, 0.3) is 0 Å². The van der Waals surface area contributed by atoms with E-state index in [0.717, 1.165) is 23.3 Å². The van der Waals surface area contributed by atoms with Crippen LogP contribution in [0.2, 0.25) is 0 Å². The molecule has 0 spiro atoms. The molecule has 1 fully saturated rings. The van der Waals surface area contributed by atoms with Gasteiger partial charge in [0.05, 0.1) is 4.90 Å². The van der Waals surface area contributed by atoms with E-state index in [1.807, 2.05) is 24.8 Å². The van der Waals surface area contributed by atoms with Crippen LogP contribution >= 0.6 is 11.8 Å². The predicted octanol–water partition coefficient (Wildman–Crippen LogP) is 2.22. The van der Waals surface area contributed by atoms with E-state index in [-0.39, 0.29) is 4.75 Å². The number of hydrogen-bond acceptors (Lipinski definition) is 4. The van der Waals surface area contributed by atoms with Gasteiger partial charge in [0.15, 0.2) is 0 Å². The highest BCUT2D eigenvalue weighted by atomic mass is 32.2. The third kappa shape index (κ3) is 3.62. The average Bonchev–Trinajstić information content (AvgIpc) is 2.45. The van der Waals surface area contributed by atoms with Crippen LogP contribution in [0.3, 0.4) is 0 Å². The molecule has 2 rings (SSSR count). The first kappa shape index (κ1) is 16.8. The van der Waals surface area contributed by atoms with Crippen LogP contribution in [0.15, 0.2) is 23.1 Å². The van der Waals surface area contributed by atoms with Crippen LogP contribution in [0, 0.1) is 0 Å². The molecule has 4 nitrogen and oxygen atoms in total. The Bertz CT molecular complexity index is 612. The fourth-order valence-electron chi connectivity index (χ4n) is 2.63. The third-order valence-electron chi connectivity index (χ3n) is 3.81. The lowest BCUT2D eigenvalue weighted by Crippen LogP contribution is -2.46. The Morgan fingerprint density at radius 2 is 2.05 bits per heavy atom. The molecular weight excluding hydrogens is 304 g/mol. The molecule has 118 valence electrons. The largest absolute Gasteiger partial charge is 0.326 e. The van der Waals surface area contributed by atoms with Crippen molar-refractivity contribution in [1.82, 2.24) is 4.31 Å². The number of nitrogens with two attached hydrogens (primary N) is 1. The SMILES string of the molecule is CCc1ccc(S(=O)(=O)N2CCSC(C)(C)C2)cc1CN. The van der Waals surface area contributed by atoms with Crippen molar-refractivity contribution in [3.63, 3.8) is 0 Å². The van der Waals surface area contributed by atoms with Crippen molar-refractivity contribution in [2.75, 3.05) is 18.8 Å². The van der Waals surface area contributed by atoms with Crippen molar-refractivity contribution >= 4 is 21.8 Å². The summed E-state index contributed by atoms with van der Waals surface area (Å²) in [6, 6.07) is 5.34. The molecule has 0 radical (unpaired) electrons. The van der Waals surface area contributed by atoms with Gasteiger partial charge in [0.1, 0.15) is 0 Å². The summed E-state index contributed by atoms with van der Waals surface area (Å²) in [5.74, 6) is 0.836. The molecule has 2 N–H and O–H groups in total. The summed E-state index contributed by atoms with van der Waals surface area (Å²) in [7, 11) is -3.43. The second-order valence-electron chi connectivity index (χ2n) is 5.93. The number of rotatable bonds is 4. The van der Waals surface area contributed by atoms with Crippen LogP contribution < -0.4 is 5.73 Å². The molecule has 0 aromatic heterocycles. The van der Waals surface area contributed by atoms with E-state index >= 15 is 0 Å². The predicted molar refractivity (Wildman–Crippen MR) is 89.0 cm³/mol. The van der Waals surface area contributed by atoms with Gasteiger partial charge in [-0.25, -0.2) is 8.42 Å². The van der Waals surface area contributed by atoms with Crippen LogP contribution in [0.1, 0.15) is 31.9 Å². The van der Waals surface area contributed by atoms with Crippen LogP contribution in [0.25, 0.3) is 0 Å². The lowest BCUT2D eigenvalue weighted by Gasteiger charge is -2.36. The fraction of sp³-hybridized carbons (Fsp3) is 0.600. The molecule has 0 saturated carbocycles. The van der Waals surface area contributed by atoms with Crippen molar-refractivity contribution in [3.05, 3.63) is 29.3 Å². The minimum absolute atomic E-state index is 0.0363. The van der Waals surface area contributed by atoms with Gasteiger partial charge in [-0.1, -0.05) is 13.0 Å². The molecule has 6 heteroatoms. The fourth-order valence-corrected chi connectivity index (χ4v) is 5.59. The molecule has 0 atom stereocenters. The van der Waals surface area contributed by atoms with E-state index in [4.69, 9.17) is 5.73 Å². The highest BCUT2D eigenvalue weighted by Gasteiger charge is 2.34. The van der Waals surface area contributed by atoms with Gasteiger partial charge in [-0.3, -0.25) is 0 Å². The number of thioether (sulfide) groups is 1. The maximum atomic E-state index is 12.8. The smallest absolute Gasteiger partial charge is 0.243 e. The molecule has 1 aromatic rings. The highest BCUT2D eigenvalue weighted by Crippen LogP contribution is 2.32. The third-order valence-corrected chi connectivity index (χ3v) is 6.95. The maximum absolute atomic E-state index is 12.8. The van der Waals surface area contributed by atoms with Crippen molar-refractivity contribution in [2.45, 2.75) is 43.4 Å². The molecule has 0 aliphatic carbocycles. The van der Waals surface area contributed by atoms with Gasteiger partial charge >= 0.3 is 0 Å². The van der Waals surface area contributed by atoms with Gasteiger partial charge in [-0.2, -0.15) is 16.1 Å². The van der Waals surface area contributed by atoms with Gasteiger partial charge < -0.3 is 5.73 Å². The van der Waals surface area contributed by atoms with Gasteiger partial charge in [-0.15, -0.1) is 0 Å². The summed E-state index contributed by atoms with van der Waals surface area (Å²) in [5.41, 5.74) is 7.79. The first-order valence-corrected chi connectivity index (χ1v) is 9.68. The van der Waals surface area contributed by atoms with Crippen LogP contribution in [0.5, 0.6) is 0 Å². The van der Waals surface area contributed by atoms with Crippen LogP contribution in [-0.2, 0) is 23.0 Å². The molecule has 21 heavy (non-hydrogen) atoms. The van der Waals surface area contributed by atoms with Gasteiger partial charge in [-0.05, 0) is 43.5 Å².